The molecule has 1 aromatic heterocycles. The lowest BCUT2D eigenvalue weighted by Crippen LogP contribution is -2.49. The number of nitrogens with zero attached hydrogens (tertiary/aromatic N) is 5. The largest absolute Gasteiger partial charge is 0.378 e. The van der Waals surface area contributed by atoms with Gasteiger partial charge < -0.3 is 14.5 Å². The van der Waals surface area contributed by atoms with E-state index in [1.807, 2.05) is 19.1 Å². The molecule has 8 nitrogen and oxygen atoms in total. The second kappa shape index (κ2) is 8.43. The first-order valence-corrected chi connectivity index (χ1v) is 11.4. The van der Waals surface area contributed by atoms with E-state index in [0.717, 1.165) is 30.3 Å². The Kier molecular flexibility index (Phi) is 5.91. The molecule has 0 atom stereocenters. The molecule has 156 valence electrons. The van der Waals surface area contributed by atoms with Crippen LogP contribution in [0.3, 0.4) is 0 Å². The van der Waals surface area contributed by atoms with E-state index in [1.54, 1.807) is 12.1 Å². The minimum Gasteiger partial charge on any atom is -0.378 e. The number of aryl methyl sites for hydroxylation is 1. The third kappa shape index (κ3) is 4.32. The topological polar surface area (TPSA) is 78.9 Å². The molecule has 1 aromatic carbocycles. The Labute approximate surface area is 176 Å². The van der Waals surface area contributed by atoms with Crippen molar-refractivity contribution in [1.82, 2.24) is 14.5 Å². The second-order valence-corrected chi connectivity index (χ2v) is 9.50. The molecule has 0 bridgehead atoms. The molecule has 0 amide bonds. The number of sulfonamides is 1. The van der Waals surface area contributed by atoms with Crippen LogP contribution in [-0.2, 0) is 14.8 Å². The summed E-state index contributed by atoms with van der Waals surface area (Å²) in [5.41, 5.74) is 0.856. The van der Waals surface area contributed by atoms with Gasteiger partial charge in [-0.25, -0.2) is 8.42 Å². The first kappa shape index (κ1) is 20.3. The maximum absolute atomic E-state index is 12.9. The summed E-state index contributed by atoms with van der Waals surface area (Å²) in [6.45, 7) is 6.78. The number of halogens is 1. The Morgan fingerprint density at radius 3 is 2.03 bits per heavy atom. The molecule has 0 N–H and O–H groups in total. The number of rotatable bonds is 4. The molecule has 10 heteroatoms. The van der Waals surface area contributed by atoms with Crippen molar-refractivity contribution in [2.75, 3.05) is 62.3 Å². The van der Waals surface area contributed by atoms with Crippen molar-refractivity contribution in [3.63, 3.8) is 0 Å². The minimum absolute atomic E-state index is 0.233. The maximum Gasteiger partial charge on any atom is 0.243 e. The van der Waals surface area contributed by atoms with E-state index in [2.05, 4.69) is 20.0 Å². The molecule has 2 aliphatic heterocycles. The van der Waals surface area contributed by atoms with Gasteiger partial charge in [0.2, 0.25) is 10.0 Å². The van der Waals surface area contributed by atoms with Crippen molar-refractivity contribution >= 4 is 33.3 Å². The number of benzene rings is 1. The fraction of sp³-hybridized carbons (Fsp3) is 0.474. The highest BCUT2D eigenvalue weighted by Crippen LogP contribution is 2.24. The van der Waals surface area contributed by atoms with Gasteiger partial charge in [-0.1, -0.05) is 17.7 Å². The van der Waals surface area contributed by atoms with Crippen molar-refractivity contribution in [3.8, 4) is 0 Å². The highest BCUT2D eigenvalue weighted by Gasteiger charge is 2.29. The summed E-state index contributed by atoms with van der Waals surface area (Å²) in [5.74, 6) is 1.60. The summed E-state index contributed by atoms with van der Waals surface area (Å²) in [4.78, 5) is 4.44. The SMILES string of the molecule is Cc1ccc(S(=O)(=O)N2CCN(c3ccc(N4CCOCC4)nn3)CC2)cc1Cl. The predicted molar refractivity (Wildman–Crippen MR) is 112 cm³/mol. The van der Waals surface area contributed by atoms with Crippen LogP contribution < -0.4 is 9.80 Å². The fourth-order valence-electron chi connectivity index (χ4n) is 3.49. The lowest BCUT2D eigenvalue weighted by atomic mass is 10.2. The molecule has 0 unspecified atom stereocenters. The molecular formula is C19H24ClN5O3S. The number of piperazine rings is 1. The summed E-state index contributed by atoms with van der Waals surface area (Å²) in [7, 11) is -3.56. The predicted octanol–water partition coefficient (Wildman–Crippen LogP) is 1.79. The Balaban J connectivity index is 1.40. The normalized spacial score (nSPS) is 18.8. The van der Waals surface area contributed by atoms with Crippen LogP contribution in [0.1, 0.15) is 5.56 Å². The average molecular weight is 438 g/mol. The molecule has 2 aromatic rings. The van der Waals surface area contributed by atoms with Crippen molar-refractivity contribution < 1.29 is 13.2 Å². The van der Waals surface area contributed by atoms with E-state index >= 15 is 0 Å². The monoisotopic (exact) mass is 437 g/mol. The highest BCUT2D eigenvalue weighted by molar-refractivity contribution is 7.89. The van der Waals surface area contributed by atoms with Crippen LogP contribution >= 0.6 is 11.6 Å². The molecule has 2 saturated heterocycles. The quantitative estimate of drug-likeness (QED) is 0.721. The van der Waals surface area contributed by atoms with Crippen LogP contribution in [0.15, 0.2) is 35.2 Å². The van der Waals surface area contributed by atoms with Gasteiger partial charge in [0.05, 0.1) is 18.1 Å². The first-order chi connectivity index (χ1) is 13.9. The molecule has 0 saturated carbocycles. The van der Waals surface area contributed by atoms with Crippen LogP contribution in [0.5, 0.6) is 0 Å². The Morgan fingerprint density at radius 2 is 1.48 bits per heavy atom. The van der Waals surface area contributed by atoms with Gasteiger partial charge in [-0.15, -0.1) is 10.2 Å². The van der Waals surface area contributed by atoms with Gasteiger partial charge in [-0.3, -0.25) is 0 Å². The van der Waals surface area contributed by atoms with Crippen molar-refractivity contribution in [2.45, 2.75) is 11.8 Å². The van der Waals surface area contributed by atoms with Gasteiger partial charge >= 0.3 is 0 Å². The molecule has 3 heterocycles. The van der Waals surface area contributed by atoms with E-state index in [-0.39, 0.29) is 4.90 Å². The number of hydrogen-bond donors (Lipinski definition) is 0. The highest BCUT2D eigenvalue weighted by atomic mass is 35.5. The first-order valence-electron chi connectivity index (χ1n) is 9.63. The molecule has 0 radical (unpaired) electrons. The van der Waals surface area contributed by atoms with Gasteiger partial charge in [0, 0.05) is 44.3 Å². The third-order valence-corrected chi connectivity index (χ3v) is 7.62. The minimum atomic E-state index is -3.56. The lowest BCUT2D eigenvalue weighted by molar-refractivity contribution is 0.122. The Bertz CT molecular complexity index is 956. The number of anilines is 2. The summed E-state index contributed by atoms with van der Waals surface area (Å²) >= 11 is 6.11. The van der Waals surface area contributed by atoms with E-state index in [9.17, 15) is 8.42 Å². The number of morpholine rings is 1. The van der Waals surface area contributed by atoms with E-state index < -0.39 is 10.0 Å². The van der Waals surface area contributed by atoms with Crippen LogP contribution in [0, 0.1) is 6.92 Å². The van der Waals surface area contributed by atoms with E-state index in [1.165, 1.54) is 10.4 Å². The van der Waals surface area contributed by atoms with Crippen LogP contribution in [-0.4, -0.2) is 75.4 Å². The summed E-state index contributed by atoms with van der Waals surface area (Å²) < 4.78 is 32.7. The average Bonchev–Trinajstić information content (AvgIpc) is 2.76. The van der Waals surface area contributed by atoms with Gasteiger partial charge in [-0.2, -0.15) is 4.31 Å². The Hall–Kier alpha value is -1.94. The van der Waals surface area contributed by atoms with Gasteiger partial charge in [0.1, 0.15) is 0 Å². The van der Waals surface area contributed by atoms with Crippen molar-refractivity contribution in [3.05, 3.63) is 40.9 Å². The molecular weight excluding hydrogens is 414 g/mol. The Morgan fingerprint density at radius 1 is 0.897 bits per heavy atom. The van der Waals surface area contributed by atoms with Gasteiger partial charge in [0.25, 0.3) is 0 Å². The molecule has 4 rings (SSSR count). The number of hydrogen-bond acceptors (Lipinski definition) is 7. The maximum atomic E-state index is 12.9. The van der Waals surface area contributed by atoms with Crippen LogP contribution in [0.2, 0.25) is 5.02 Å². The van der Waals surface area contributed by atoms with Crippen molar-refractivity contribution in [2.24, 2.45) is 0 Å². The van der Waals surface area contributed by atoms with Crippen LogP contribution in [0.25, 0.3) is 0 Å². The summed E-state index contributed by atoms with van der Waals surface area (Å²) in [6, 6.07) is 8.77. The van der Waals surface area contributed by atoms with Gasteiger partial charge in [-0.05, 0) is 36.8 Å². The van der Waals surface area contributed by atoms with Crippen LogP contribution in [0.4, 0.5) is 11.6 Å². The zero-order valence-corrected chi connectivity index (χ0v) is 17.9. The number of ether oxygens (including phenoxy) is 1. The summed E-state index contributed by atoms with van der Waals surface area (Å²) in [5, 5.41) is 9.15. The zero-order chi connectivity index (χ0) is 20.4. The molecule has 2 aliphatic rings. The standard InChI is InChI=1S/C19H24ClN5O3S/c1-15-2-3-16(14-17(15)20)29(26,27)25-8-6-23(7-9-25)18-4-5-19(22-21-18)24-10-12-28-13-11-24/h2-5,14H,6-13H2,1H3. The summed E-state index contributed by atoms with van der Waals surface area (Å²) in [6.07, 6.45) is 0. The molecule has 0 spiro atoms. The third-order valence-electron chi connectivity index (χ3n) is 5.32. The molecule has 0 aliphatic carbocycles. The van der Waals surface area contributed by atoms with E-state index in [4.69, 9.17) is 16.3 Å². The van der Waals surface area contributed by atoms with E-state index in [0.29, 0.717) is 44.4 Å². The molecule has 2 fully saturated rings. The molecule has 29 heavy (non-hydrogen) atoms. The van der Waals surface area contributed by atoms with Gasteiger partial charge in [0.15, 0.2) is 11.6 Å². The smallest absolute Gasteiger partial charge is 0.243 e. The fourth-order valence-corrected chi connectivity index (χ4v) is 5.18. The zero-order valence-electron chi connectivity index (χ0n) is 16.3. The lowest BCUT2D eigenvalue weighted by Gasteiger charge is -2.34. The van der Waals surface area contributed by atoms with Crippen molar-refractivity contribution in [1.29, 1.82) is 0 Å². The second-order valence-electron chi connectivity index (χ2n) is 7.15. The number of aromatic nitrogens is 2.